The third-order valence-corrected chi connectivity index (χ3v) is 12.5. The molecule has 0 saturated carbocycles. The van der Waals surface area contributed by atoms with Gasteiger partial charge in [-0.25, -0.2) is 0 Å². The minimum absolute atomic E-state index is 0.00142. The van der Waals surface area contributed by atoms with E-state index in [-0.39, 0.29) is 11.9 Å². The molecule has 0 rings (SSSR count). The Morgan fingerprint density at radius 1 is 0.441 bits per heavy atom. The SMILES string of the molecule is CCCCCCC(CCCC)COC(=O)CCCCCCCCC(CCCCCCCCC(=O)OCC(CCCC)CCCCCC)N(CCC=O)CCCCN(C)C. The number of hydrogen-bond donors (Lipinski definition) is 0. The standard InChI is InChI=1S/C52H102N2O5/c1-7-11-15-25-36-48(34-13-9-3)46-58-51(56)40-29-23-19-17-21-27-38-50(54(44-33-45-55)43-32-31-42-53(5)6)39-28-22-18-20-24-30-41-52(57)59-47-49(35-14-10-4)37-26-16-12-8-2/h45,48-50H,7-44,46-47H2,1-6H3. The normalized spacial score (nSPS) is 13.2. The molecule has 2 atom stereocenters. The van der Waals surface area contributed by atoms with Gasteiger partial charge < -0.3 is 19.2 Å². The summed E-state index contributed by atoms with van der Waals surface area (Å²) in [5.74, 6) is 1.06. The molecular weight excluding hydrogens is 733 g/mol. The average molecular weight is 835 g/mol. The summed E-state index contributed by atoms with van der Waals surface area (Å²) in [7, 11) is 4.29. The van der Waals surface area contributed by atoms with E-state index in [1.165, 1.54) is 180 Å². The fraction of sp³-hybridized carbons (Fsp3) is 0.942. The Morgan fingerprint density at radius 2 is 0.814 bits per heavy atom. The zero-order valence-corrected chi connectivity index (χ0v) is 40.5. The first kappa shape index (κ1) is 57.5. The Kier molecular flexibility index (Phi) is 43.5. The molecule has 0 heterocycles. The molecule has 59 heavy (non-hydrogen) atoms. The highest BCUT2D eigenvalue weighted by Gasteiger charge is 2.18. The predicted molar refractivity (Wildman–Crippen MR) is 253 cm³/mol. The maximum absolute atomic E-state index is 12.5. The van der Waals surface area contributed by atoms with E-state index in [0.29, 0.717) is 50.4 Å². The van der Waals surface area contributed by atoms with Gasteiger partial charge in [-0.15, -0.1) is 0 Å². The Hall–Kier alpha value is -1.47. The van der Waals surface area contributed by atoms with Gasteiger partial charge in [0.2, 0.25) is 0 Å². The van der Waals surface area contributed by atoms with Crippen molar-refractivity contribution in [2.75, 3.05) is 46.9 Å². The minimum Gasteiger partial charge on any atom is -0.465 e. The predicted octanol–water partition coefficient (Wildman–Crippen LogP) is 14.5. The lowest BCUT2D eigenvalue weighted by molar-refractivity contribution is -0.146. The molecule has 0 aliphatic rings. The molecule has 2 unspecified atom stereocenters. The van der Waals surface area contributed by atoms with Gasteiger partial charge in [-0.2, -0.15) is 0 Å². The molecule has 0 fully saturated rings. The maximum Gasteiger partial charge on any atom is 0.305 e. The molecule has 0 aliphatic heterocycles. The van der Waals surface area contributed by atoms with Crippen LogP contribution in [0.25, 0.3) is 0 Å². The van der Waals surface area contributed by atoms with Crippen molar-refractivity contribution in [1.29, 1.82) is 0 Å². The van der Waals surface area contributed by atoms with Gasteiger partial charge >= 0.3 is 11.9 Å². The van der Waals surface area contributed by atoms with E-state index in [0.717, 1.165) is 51.6 Å². The molecule has 0 saturated heterocycles. The summed E-state index contributed by atoms with van der Waals surface area (Å²) >= 11 is 0. The van der Waals surface area contributed by atoms with Crippen LogP contribution in [0, 0.1) is 11.8 Å². The minimum atomic E-state index is -0.00142. The van der Waals surface area contributed by atoms with Crippen molar-refractivity contribution in [2.45, 2.75) is 258 Å². The molecule has 0 bridgehead atoms. The lowest BCUT2D eigenvalue weighted by atomic mass is 9.96. The number of aldehydes is 1. The van der Waals surface area contributed by atoms with Gasteiger partial charge in [0.15, 0.2) is 0 Å². The smallest absolute Gasteiger partial charge is 0.305 e. The van der Waals surface area contributed by atoms with Crippen LogP contribution in [0.5, 0.6) is 0 Å². The highest BCUT2D eigenvalue weighted by Crippen LogP contribution is 2.22. The quantitative estimate of drug-likeness (QED) is 0.0343. The van der Waals surface area contributed by atoms with Gasteiger partial charge in [0, 0.05) is 31.8 Å². The van der Waals surface area contributed by atoms with Crippen molar-refractivity contribution in [3.8, 4) is 0 Å². The first-order valence-electron chi connectivity index (χ1n) is 25.9. The molecule has 0 aliphatic carbocycles. The van der Waals surface area contributed by atoms with Crippen LogP contribution in [0.15, 0.2) is 0 Å². The molecule has 7 nitrogen and oxygen atoms in total. The fourth-order valence-electron chi connectivity index (χ4n) is 8.55. The van der Waals surface area contributed by atoms with E-state index in [1.54, 1.807) is 0 Å². The number of unbranched alkanes of at least 4 members (excludes halogenated alkanes) is 19. The van der Waals surface area contributed by atoms with E-state index >= 15 is 0 Å². The topological polar surface area (TPSA) is 76.2 Å². The third-order valence-electron chi connectivity index (χ3n) is 12.5. The highest BCUT2D eigenvalue weighted by atomic mass is 16.5. The number of esters is 2. The summed E-state index contributed by atoms with van der Waals surface area (Å²) in [6.45, 7) is 13.3. The van der Waals surface area contributed by atoms with Gasteiger partial charge in [-0.1, -0.05) is 169 Å². The lowest BCUT2D eigenvalue weighted by Gasteiger charge is -2.32. The third kappa shape index (κ3) is 39.1. The highest BCUT2D eigenvalue weighted by molar-refractivity contribution is 5.69. The molecule has 350 valence electrons. The molecule has 0 radical (unpaired) electrons. The molecule has 0 amide bonds. The van der Waals surface area contributed by atoms with Crippen LogP contribution in [-0.2, 0) is 23.9 Å². The maximum atomic E-state index is 12.5. The monoisotopic (exact) mass is 835 g/mol. The average Bonchev–Trinajstić information content (AvgIpc) is 3.23. The van der Waals surface area contributed by atoms with Crippen LogP contribution in [0.1, 0.15) is 252 Å². The van der Waals surface area contributed by atoms with Crippen molar-refractivity contribution in [1.82, 2.24) is 9.80 Å². The second kappa shape index (κ2) is 44.6. The van der Waals surface area contributed by atoms with Gasteiger partial charge in [0.05, 0.1) is 13.2 Å². The lowest BCUT2D eigenvalue weighted by Crippen LogP contribution is -2.37. The summed E-state index contributed by atoms with van der Waals surface area (Å²) < 4.78 is 11.5. The van der Waals surface area contributed by atoms with E-state index in [9.17, 15) is 14.4 Å². The van der Waals surface area contributed by atoms with Gasteiger partial charge in [-0.3, -0.25) is 14.5 Å². The molecule has 0 spiro atoms. The first-order valence-corrected chi connectivity index (χ1v) is 25.9. The van der Waals surface area contributed by atoms with Gasteiger partial charge in [-0.05, 0) is 103 Å². The van der Waals surface area contributed by atoms with Crippen molar-refractivity contribution in [3.63, 3.8) is 0 Å². The second-order valence-electron chi connectivity index (χ2n) is 18.6. The number of carbonyl (C=O) groups is 3. The Balaban J connectivity index is 4.61. The Labute approximate surface area is 368 Å². The van der Waals surface area contributed by atoms with Crippen molar-refractivity contribution in [3.05, 3.63) is 0 Å². The number of carbonyl (C=O) groups excluding carboxylic acids is 3. The van der Waals surface area contributed by atoms with Crippen molar-refractivity contribution in [2.24, 2.45) is 11.8 Å². The zero-order valence-electron chi connectivity index (χ0n) is 40.5. The van der Waals surface area contributed by atoms with E-state index in [1.807, 2.05) is 0 Å². The molecular formula is C52H102N2O5. The zero-order chi connectivity index (χ0) is 43.4. The Morgan fingerprint density at radius 3 is 1.24 bits per heavy atom. The summed E-state index contributed by atoms with van der Waals surface area (Å²) in [5, 5.41) is 0. The molecule has 0 aromatic heterocycles. The van der Waals surface area contributed by atoms with Gasteiger partial charge in [0.1, 0.15) is 6.29 Å². The second-order valence-corrected chi connectivity index (χ2v) is 18.6. The number of nitrogens with zero attached hydrogens (tertiary/aromatic N) is 2. The summed E-state index contributed by atoms with van der Waals surface area (Å²) in [6.07, 6.45) is 41.3. The van der Waals surface area contributed by atoms with Crippen LogP contribution in [0.4, 0.5) is 0 Å². The first-order chi connectivity index (χ1) is 28.8. The van der Waals surface area contributed by atoms with Crippen molar-refractivity contribution >= 4 is 18.2 Å². The Bertz CT molecular complexity index is 858. The van der Waals surface area contributed by atoms with Crippen LogP contribution < -0.4 is 0 Å². The van der Waals surface area contributed by atoms with E-state index < -0.39 is 0 Å². The number of rotatable bonds is 47. The molecule has 0 aromatic carbocycles. The van der Waals surface area contributed by atoms with Crippen LogP contribution >= 0.6 is 0 Å². The number of hydrogen-bond acceptors (Lipinski definition) is 7. The van der Waals surface area contributed by atoms with Crippen LogP contribution in [0.2, 0.25) is 0 Å². The largest absolute Gasteiger partial charge is 0.465 e. The van der Waals surface area contributed by atoms with Crippen LogP contribution in [-0.4, -0.2) is 81.0 Å². The number of ether oxygens (including phenoxy) is 2. The molecule has 7 heteroatoms. The van der Waals surface area contributed by atoms with Crippen molar-refractivity contribution < 1.29 is 23.9 Å². The summed E-state index contributed by atoms with van der Waals surface area (Å²) in [4.78, 5) is 41.4. The van der Waals surface area contributed by atoms with E-state index in [4.69, 9.17) is 9.47 Å². The molecule has 0 N–H and O–H groups in total. The fourth-order valence-corrected chi connectivity index (χ4v) is 8.55. The van der Waals surface area contributed by atoms with E-state index in [2.05, 4.69) is 51.6 Å². The summed E-state index contributed by atoms with van der Waals surface area (Å²) in [5.41, 5.74) is 0. The summed E-state index contributed by atoms with van der Waals surface area (Å²) in [6, 6.07) is 0.541. The molecule has 0 aromatic rings. The van der Waals surface area contributed by atoms with Gasteiger partial charge in [0.25, 0.3) is 0 Å². The van der Waals surface area contributed by atoms with Crippen LogP contribution in [0.3, 0.4) is 0 Å².